The topological polar surface area (TPSA) is 96.2 Å². The number of nitro benzene ring substituents is 1. The van der Waals surface area contributed by atoms with Gasteiger partial charge in [0.25, 0.3) is 0 Å². The smallest absolute Gasteiger partial charge is 1.00 e. The number of imide groups is 1. The molecule has 2 amide bonds. The van der Waals surface area contributed by atoms with Crippen molar-refractivity contribution in [3.8, 4) is 5.75 Å². The molecule has 6 rings (SSSR count). The number of carbonyl (C=O) groups is 2. The Morgan fingerprint density at radius 3 is 1.68 bits per heavy atom. The molecule has 0 spiro atoms. The maximum atomic E-state index is 14.0. The number of hydrogen-bond acceptors (Lipinski definition) is 7. The van der Waals surface area contributed by atoms with Gasteiger partial charge in [-0.3, -0.25) is 0 Å². The Morgan fingerprint density at radius 1 is 0.786 bits per heavy atom. The van der Waals surface area contributed by atoms with Crippen molar-refractivity contribution >= 4 is 39.2 Å². The van der Waals surface area contributed by atoms with Crippen LogP contribution in [0.3, 0.4) is 0 Å². The molecule has 2 heterocycles. The molecular formula is C45H53ClN4O5Ru-. The van der Waals surface area contributed by atoms with Gasteiger partial charge in [0.1, 0.15) is 0 Å². The first-order valence-electron chi connectivity index (χ1n) is 19.4. The molecule has 0 saturated carbocycles. The molecule has 0 aromatic heterocycles. The number of benzene rings is 4. The maximum absolute atomic E-state index is 14.0. The minimum atomic E-state index is -0.850. The largest absolute Gasteiger partial charge is 1.00 e. The number of nitro groups is 1. The van der Waals surface area contributed by atoms with Gasteiger partial charge in [0.15, 0.2) is 0 Å². The van der Waals surface area contributed by atoms with Crippen LogP contribution in [0.5, 0.6) is 5.75 Å². The van der Waals surface area contributed by atoms with Crippen molar-refractivity contribution in [1.29, 1.82) is 0 Å². The number of non-ortho nitro benzene ring substituents is 1. The standard InChI is InChI=1S/C27H39N2.C18H14N2O5.ClH.Ru/c1-18(2)22-11-9-12-23(19(3)4)26(22)28-15-16-29(17-28)27-24(20(5)6)13-10-14-25(27)21(7)8;1-3-15-18(22)19(14-6-4-5-11(2)16(14)25-15)17(21)12-7-9-13(10-8-12)20(23)24;;/h9-14,17-21H,15-16H2,1-8H3;2,4-10,15H,3H2,1H3;1H;/p-1. The predicted octanol–water partition coefficient (Wildman–Crippen LogP) is 6.98. The second kappa shape index (κ2) is 17.8. The van der Waals surface area contributed by atoms with E-state index < -0.39 is 39.5 Å². The van der Waals surface area contributed by atoms with Crippen LogP contribution in [0, 0.1) is 10.1 Å². The van der Waals surface area contributed by atoms with Crippen molar-refractivity contribution < 1.29 is 48.3 Å². The van der Waals surface area contributed by atoms with E-state index in [1.54, 1.807) is 6.07 Å². The van der Waals surface area contributed by atoms with E-state index >= 15 is 0 Å². The molecule has 0 aliphatic carbocycles. The molecule has 2 aliphatic heterocycles. The minimum Gasteiger partial charge on any atom is -1.00 e. The van der Waals surface area contributed by atoms with E-state index in [-0.39, 0.29) is 28.4 Å². The summed E-state index contributed by atoms with van der Waals surface area (Å²) in [5.41, 5.74) is 9.36. The first-order chi connectivity index (χ1) is 26.2. The molecule has 1 unspecified atom stereocenters. The molecule has 56 heavy (non-hydrogen) atoms. The number of amides is 2. The van der Waals surface area contributed by atoms with Crippen LogP contribution in [0.25, 0.3) is 0 Å². The summed E-state index contributed by atoms with van der Waals surface area (Å²) in [5, 5.41) is 11.3. The van der Waals surface area contributed by atoms with Crippen LogP contribution in [-0.2, 0) is 21.5 Å². The van der Waals surface area contributed by atoms with E-state index in [2.05, 4.69) is 106 Å². The summed E-state index contributed by atoms with van der Waals surface area (Å²) >= 11 is -0.502. The third-order valence-electron chi connectivity index (χ3n) is 10.5. The Kier molecular flexibility index (Phi) is 13.6. The van der Waals surface area contributed by atoms with Gasteiger partial charge in [-0.15, -0.1) is 0 Å². The first-order valence-corrected chi connectivity index (χ1v) is 21.4. The molecule has 1 atom stereocenters. The quantitative estimate of drug-likeness (QED) is 0.0696. The van der Waals surface area contributed by atoms with Gasteiger partial charge in [0, 0.05) is 0 Å². The molecule has 1 saturated heterocycles. The summed E-state index contributed by atoms with van der Waals surface area (Å²) in [6, 6.07) is 24.5. The SMILES string of the molecule is CCC1Oc2c(/[CH]=[Ru]/[CH]3N(c4c(C(C)C)cccc4C(C)C)CCN3c3c(C(C)C)cccc3C(C)C)cccc2N(C(=O)c2ccc([N+](=O)[O-])cc2)C1=O.[Cl-]. The van der Waals surface area contributed by atoms with Crippen LogP contribution >= 0.6 is 0 Å². The maximum Gasteiger partial charge on any atom is -1.00 e. The molecule has 0 radical (unpaired) electrons. The molecule has 4 aromatic rings. The number of carbonyl (C=O) groups excluding carboxylic acids is 2. The minimum absolute atomic E-state index is 0. The molecule has 2 aliphatic rings. The Balaban J connectivity index is 0.00000600. The zero-order valence-corrected chi connectivity index (χ0v) is 36.2. The number of ether oxygens (including phenoxy) is 1. The Bertz CT molecular complexity index is 1990. The number of rotatable bonds is 11. The number of halogens is 1. The summed E-state index contributed by atoms with van der Waals surface area (Å²) in [4.78, 5) is 45.1. The predicted molar refractivity (Wildman–Crippen MR) is 219 cm³/mol. The summed E-state index contributed by atoms with van der Waals surface area (Å²) in [6.45, 7) is 21.8. The van der Waals surface area contributed by atoms with Crippen molar-refractivity contribution in [2.75, 3.05) is 27.8 Å². The van der Waals surface area contributed by atoms with Gasteiger partial charge < -0.3 is 12.4 Å². The number of para-hydroxylation sites is 3. The molecular weight excluding hydrogens is 813 g/mol. The van der Waals surface area contributed by atoms with E-state index in [9.17, 15) is 19.7 Å². The first kappa shape index (κ1) is 42.7. The Morgan fingerprint density at radius 2 is 1.25 bits per heavy atom. The summed E-state index contributed by atoms with van der Waals surface area (Å²) in [5.74, 6) is 0.882. The summed E-state index contributed by atoms with van der Waals surface area (Å²) in [6.07, 6.45) is -0.473. The van der Waals surface area contributed by atoms with Crippen molar-refractivity contribution in [1.82, 2.24) is 0 Å². The van der Waals surface area contributed by atoms with Crippen LogP contribution in [0.2, 0.25) is 0 Å². The second-order valence-electron chi connectivity index (χ2n) is 15.6. The molecule has 299 valence electrons. The molecule has 4 aromatic carbocycles. The van der Waals surface area contributed by atoms with Crippen LogP contribution in [-0.4, -0.2) is 45.3 Å². The summed E-state index contributed by atoms with van der Waals surface area (Å²) < 4.78 is 8.80. The van der Waals surface area contributed by atoms with Gasteiger partial charge in [-0.25, -0.2) is 0 Å². The van der Waals surface area contributed by atoms with Crippen molar-refractivity contribution in [3.05, 3.63) is 122 Å². The molecule has 1 fully saturated rings. The van der Waals surface area contributed by atoms with Gasteiger partial charge >= 0.3 is 334 Å². The Labute approximate surface area is 345 Å². The van der Waals surface area contributed by atoms with Crippen LogP contribution in [0.15, 0.2) is 78.9 Å². The zero-order valence-electron chi connectivity index (χ0n) is 33.7. The van der Waals surface area contributed by atoms with E-state index in [0.29, 0.717) is 41.5 Å². The molecule has 9 nitrogen and oxygen atoms in total. The normalized spacial score (nSPS) is 16.1. The average molecular weight is 866 g/mol. The van der Waals surface area contributed by atoms with Crippen LogP contribution in [0.4, 0.5) is 22.7 Å². The zero-order chi connectivity index (χ0) is 39.7. The fourth-order valence-electron chi connectivity index (χ4n) is 7.66. The van der Waals surface area contributed by atoms with Gasteiger partial charge in [-0.2, -0.15) is 0 Å². The van der Waals surface area contributed by atoms with E-state index in [1.165, 1.54) is 62.8 Å². The number of fused-ring (bicyclic) bond motifs is 1. The van der Waals surface area contributed by atoms with Gasteiger partial charge in [-0.1, -0.05) is 0 Å². The molecule has 0 bridgehead atoms. The molecule has 0 N–H and O–H groups in total. The molecule has 11 heteroatoms. The third-order valence-corrected chi connectivity index (χ3v) is 13.0. The van der Waals surface area contributed by atoms with E-state index in [0.717, 1.165) is 18.7 Å². The van der Waals surface area contributed by atoms with Crippen LogP contribution < -0.4 is 31.8 Å². The van der Waals surface area contributed by atoms with E-state index in [4.69, 9.17) is 4.74 Å². The monoisotopic (exact) mass is 866 g/mol. The summed E-state index contributed by atoms with van der Waals surface area (Å²) in [7, 11) is 0. The fraction of sp³-hybridized carbons (Fsp3) is 0.400. The second-order valence-corrected chi connectivity index (χ2v) is 17.6. The van der Waals surface area contributed by atoms with Crippen molar-refractivity contribution in [2.45, 2.75) is 103 Å². The van der Waals surface area contributed by atoms with Crippen molar-refractivity contribution in [2.24, 2.45) is 0 Å². The van der Waals surface area contributed by atoms with Gasteiger partial charge in [0.2, 0.25) is 0 Å². The third kappa shape index (κ3) is 8.19. The average Bonchev–Trinajstić information content (AvgIpc) is 3.58. The van der Waals surface area contributed by atoms with Crippen LogP contribution in [0.1, 0.15) is 131 Å². The fourth-order valence-corrected chi connectivity index (χ4v) is 10.1. The van der Waals surface area contributed by atoms with Gasteiger partial charge in [0.05, 0.1) is 0 Å². The van der Waals surface area contributed by atoms with E-state index in [1.807, 2.05) is 19.1 Å². The number of hydrogen-bond donors (Lipinski definition) is 0. The van der Waals surface area contributed by atoms with Crippen molar-refractivity contribution in [3.63, 3.8) is 0 Å². The number of anilines is 3. The Hall–Kier alpha value is -4.40. The number of nitrogens with zero attached hydrogens (tertiary/aromatic N) is 4. The van der Waals surface area contributed by atoms with Gasteiger partial charge in [-0.05, 0) is 0 Å².